The molecule has 0 aromatic heterocycles. The monoisotopic (exact) mass is 501 g/mol. The fourth-order valence-corrected chi connectivity index (χ4v) is 3.51. The summed E-state index contributed by atoms with van der Waals surface area (Å²) in [6.45, 7) is 2.87. The van der Waals surface area contributed by atoms with Crippen LogP contribution in [0.2, 0.25) is 0 Å². The Morgan fingerprint density at radius 3 is 2.06 bits per heavy atom. The molecule has 188 valence electrons. The minimum Gasteiger partial charge on any atom is -0.457 e. The number of alkyl halides is 6. The van der Waals surface area contributed by atoms with Gasteiger partial charge in [-0.3, -0.25) is 5.32 Å². The quantitative estimate of drug-likeness (QED) is 0.275. The number of hydrogen-bond donors (Lipinski definition) is 2. The molecule has 0 heterocycles. The van der Waals surface area contributed by atoms with E-state index in [9.17, 15) is 35.8 Å². The van der Waals surface area contributed by atoms with Crippen molar-refractivity contribution in [3.8, 4) is 11.5 Å². The Morgan fingerprint density at radius 2 is 1.49 bits per heavy atom. The Bertz CT molecular complexity index is 1170. The molecule has 3 nitrogen and oxygen atoms in total. The van der Waals surface area contributed by atoms with E-state index < -0.39 is 48.0 Å². The Hall–Kier alpha value is -3.11. The van der Waals surface area contributed by atoms with E-state index in [2.05, 4.69) is 0 Å². The van der Waals surface area contributed by atoms with E-state index >= 15 is 0 Å². The molecule has 35 heavy (non-hydrogen) atoms. The van der Waals surface area contributed by atoms with E-state index in [-0.39, 0.29) is 17.4 Å². The smallest absolute Gasteiger partial charge is 0.431 e. The van der Waals surface area contributed by atoms with Gasteiger partial charge in [-0.25, -0.2) is 4.39 Å². The largest absolute Gasteiger partial charge is 0.457 e. The zero-order valence-corrected chi connectivity index (χ0v) is 18.7. The van der Waals surface area contributed by atoms with Crippen molar-refractivity contribution in [1.29, 1.82) is 0 Å². The van der Waals surface area contributed by atoms with E-state index in [0.29, 0.717) is 11.8 Å². The minimum absolute atomic E-state index is 0.0621. The zero-order chi connectivity index (χ0) is 26.0. The first-order valence-corrected chi connectivity index (χ1v) is 10.4. The average molecular weight is 501 g/mol. The molecule has 0 radical (unpaired) electrons. The highest BCUT2D eigenvalue weighted by atomic mass is 19.4. The number of ether oxygens (including phenoxy) is 1. The molecule has 1 unspecified atom stereocenters. The minimum atomic E-state index is -5.18. The van der Waals surface area contributed by atoms with Gasteiger partial charge in [0, 0.05) is 18.5 Å². The first kappa shape index (κ1) is 26.5. The Labute approximate surface area is 197 Å². The lowest BCUT2D eigenvalue weighted by atomic mass is 10.0. The van der Waals surface area contributed by atoms with Crippen LogP contribution in [0.3, 0.4) is 0 Å². The van der Waals surface area contributed by atoms with Crippen molar-refractivity contribution in [1.82, 2.24) is 5.32 Å². The van der Waals surface area contributed by atoms with E-state index in [1.165, 1.54) is 18.2 Å². The van der Waals surface area contributed by atoms with Crippen LogP contribution in [0.4, 0.5) is 30.7 Å². The average Bonchev–Trinajstić information content (AvgIpc) is 2.71. The maximum atomic E-state index is 14.1. The third kappa shape index (κ3) is 6.73. The molecule has 0 saturated heterocycles. The maximum absolute atomic E-state index is 14.1. The van der Waals surface area contributed by atoms with Crippen molar-refractivity contribution in [3.63, 3.8) is 0 Å². The van der Waals surface area contributed by atoms with E-state index in [1.807, 2.05) is 25.2 Å². The molecule has 0 spiro atoms. The summed E-state index contributed by atoms with van der Waals surface area (Å²) in [4.78, 5) is 0. The van der Waals surface area contributed by atoms with Crippen LogP contribution in [-0.2, 0) is 19.1 Å². The summed E-state index contributed by atoms with van der Waals surface area (Å²) in [6, 6.07) is 12.6. The van der Waals surface area contributed by atoms with Gasteiger partial charge in [0.2, 0.25) is 5.72 Å². The third-order valence-electron chi connectivity index (χ3n) is 5.21. The molecule has 0 aliphatic heterocycles. The van der Waals surface area contributed by atoms with Crippen LogP contribution in [-0.4, -0.2) is 17.0 Å². The molecular weight excluding hydrogens is 479 g/mol. The van der Waals surface area contributed by atoms with Crippen LogP contribution < -0.4 is 10.1 Å². The summed E-state index contributed by atoms with van der Waals surface area (Å²) in [5.41, 5.74) is -3.30. The highest BCUT2D eigenvalue weighted by Crippen LogP contribution is 2.34. The fraction of sp³-hybridized carbons (Fsp3) is 0.280. The molecule has 0 aliphatic carbocycles. The van der Waals surface area contributed by atoms with Crippen LogP contribution >= 0.6 is 0 Å². The summed E-state index contributed by atoms with van der Waals surface area (Å²) in [7, 11) is 0. The number of halogens is 7. The summed E-state index contributed by atoms with van der Waals surface area (Å²) in [6.07, 6.45) is -10.9. The molecule has 10 heteroatoms. The second kappa shape index (κ2) is 9.87. The molecular formula is C25H22F7NO2. The number of rotatable bonds is 7. The molecule has 2 N–H and O–H groups in total. The number of aryl methyl sites for hydroxylation is 2. The van der Waals surface area contributed by atoms with Gasteiger partial charge in [0.05, 0.1) is 5.56 Å². The molecule has 0 aliphatic rings. The predicted octanol–water partition coefficient (Wildman–Crippen LogP) is 6.84. The SMILES string of the molecule is Cc1cc(C)cc(Oc2cccc(CC(O)(NCc3ccc(C(F)(F)F)cc3F)C(F)(F)F)c2)c1. The molecule has 0 saturated carbocycles. The topological polar surface area (TPSA) is 41.5 Å². The lowest BCUT2D eigenvalue weighted by molar-refractivity contribution is -0.273. The van der Waals surface area contributed by atoms with Crippen LogP contribution in [0, 0.1) is 19.7 Å². The molecule has 0 bridgehead atoms. The van der Waals surface area contributed by atoms with Gasteiger partial charge in [0.25, 0.3) is 0 Å². The molecule has 3 aromatic carbocycles. The molecule has 0 fully saturated rings. The van der Waals surface area contributed by atoms with Gasteiger partial charge < -0.3 is 9.84 Å². The van der Waals surface area contributed by atoms with Crippen molar-refractivity contribution >= 4 is 0 Å². The van der Waals surface area contributed by atoms with Gasteiger partial charge in [-0.2, -0.15) is 26.3 Å². The van der Waals surface area contributed by atoms with Crippen molar-refractivity contribution in [2.75, 3.05) is 0 Å². The van der Waals surface area contributed by atoms with Crippen LogP contribution in [0.25, 0.3) is 0 Å². The molecule has 0 amide bonds. The van der Waals surface area contributed by atoms with Crippen molar-refractivity contribution < 1.29 is 40.6 Å². The van der Waals surface area contributed by atoms with Crippen LogP contribution in [0.15, 0.2) is 60.7 Å². The Morgan fingerprint density at radius 1 is 0.829 bits per heavy atom. The van der Waals surface area contributed by atoms with E-state index in [4.69, 9.17) is 4.74 Å². The lowest BCUT2D eigenvalue weighted by Gasteiger charge is -2.32. The maximum Gasteiger partial charge on any atom is 0.431 e. The summed E-state index contributed by atoms with van der Waals surface area (Å²) in [5.74, 6) is -0.617. The third-order valence-corrected chi connectivity index (χ3v) is 5.21. The summed E-state index contributed by atoms with van der Waals surface area (Å²) in [5, 5.41) is 12.3. The first-order chi connectivity index (χ1) is 16.2. The number of benzene rings is 3. The van der Waals surface area contributed by atoms with Gasteiger partial charge in [-0.1, -0.05) is 24.3 Å². The van der Waals surface area contributed by atoms with Gasteiger partial charge in [-0.05, 0) is 66.9 Å². The number of aliphatic hydroxyl groups is 1. The molecule has 3 aromatic rings. The first-order valence-electron chi connectivity index (χ1n) is 10.4. The standard InChI is InChI=1S/C25H22F7NO2/c1-15-8-16(2)10-21(9-15)35-20-5-3-4-17(11-20)13-23(34,25(30,31)32)33-14-18-6-7-19(12-22(18)26)24(27,28)29/h3-12,33-34H,13-14H2,1-2H3. The number of hydrogen-bond acceptors (Lipinski definition) is 3. The fourth-order valence-electron chi connectivity index (χ4n) is 3.51. The molecule has 1 atom stereocenters. The van der Waals surface area contributed by atoms with Crippen molar-refractivity contribution in [3.05, 3.63) is 94.3 Å². The second-order valence-electron chi connectivity index (χ2n) is 8.27. The summed E-state index contributed by atoms with van der Waals surface area (Å²) < 4.78 is 99.2. The highest BCUT2D eigenvalue weighted by Gasteiger charge is 2.53. The second-order valence-corrected chi connectivity index (χ2v) is 8.27. The van der Waals surface area contributed by atoms with E-state index in [0.717, 1.165) is 17.2 Å². The highest BCUT2D eigenvalue weighted by molar-refractivity contribution is 5.38. The van der Waals surface area contributed by atoms with Gasteiger partial charge in [0.15, 0.2) is 0 Å². The Balaban J connectivity index is 1.79. The zero-order valence-electron chi connectivity index (χ0n) is 18.7. The van der Waals surface area contributed by atoms with Gasteiger partial charge >= 0.3 is 12.4 Å². The number of nitrogens with one attached hydrogen (secondary N) is 1. The van der Waals surface area contributed by atoms with Crippen molar-refractivity contribution in [2.45, 2.75) is 44.9 Å². The van der Waals surface area contributed by atoms with Crippen LogP contribution in [0.5, 0.6) is 11.5 Å². The normalized spacial score (nSPS) is 14.0. The Kier molecular flexibility index (Phi) is 7.47. The van der Waals surface area contributed by atoms with Gasteiger partial charge in [0.1, 0.15) is 17.3 Å². The summed E-state index contributed by atoms with van der Waals surface area (Å²) >= 11 is 0. The predicted molar refractivity (Wildman–Crippen MR) is 115 cm³/mol. The van der Waals surface area contributed by atoms with Crippen LogP contribution in [0.1, 0.15) is 27.8 Å². The van der Waals surface area contributed by atoms with E-state index in [1.54, 1.807) is 18.2 Å². The lowest BCUT2D eigenvalue weighted by Crippen LogP contribution is -2.58. The van der Waals surface area contributed by atoms with Crippen molar-refractivity contribution in [2.24, 2.45) is 0 Å². The molecule has 3 rings (SSSR count). The van der Waals surface area contributed by atoms with Gasteiger partial charge in [-0.15, -0.1) is 0 Å².